The van der Waals surface area contributed by atoms with E-state index in [4.69, 9.17) is 10.3 Å². The summed E-state index contributed by atoms with van der Waals surface area (Å²) in [5, 5.41) is 9.32. The summed E-state index contributed by atoms with van der Waals surface area (Å²) >= 11 is 0. The van der Waals surface area contributed by atoms with Gasteiger partial charge in [0.05, 0.1) is 8.07 Å². The first-order valence-electron chi connectivity index (χ1n) is 22.8. The van der Waals surface area contributed by atoms with E-state index in [9.17, 15) is 0 Å². The third-order valence-corrected chi connectivity index (χ3v) is 15.0. The van der Waals surface area contributed by atoms with E-state index in [1.165, 1.54) is 65.2 Å². The first-order chi connectivity index (χ1) is 30.1. The molecule has 6 aromatic carbocycles. The molecule has 10 rings (SSSR count). The minimum Gasteiger partial charge on any atom is -0.661 e. The molecule has 0 saturated heterocycles. The number of fused-ring (bicyclic) bond motifs is 4. The van der Waals surface area contributed by atoms with Gasteiger partial charge in [0.25, 0.3) is 0 Å². The Hall–Kier alpha value is -5.26. The molecule has 0 amide bonds. The molecule has 0 radical (unpaired) electrons. The van der Waals surface area contributed by atoms with E-state index in [1.54, 1.807) is 10.8 Å². The van der Waals surface area contributed by atoms with Gasteiger partial charge in [0, 0.05) is 28.8 Å². The Morgan fingerprint density at radius 1 is 0.714 bits per heavy atom. The number of hydrogen-bond donors (Lipinski definition) is 0. The van der Waals surface area contributed by atoms with Gasteiger partial charge in [-0.2, -0.15) is 23.8 Å². The molecular weight excluding hydrogens is 961 g/mol. The zero-order valence-electron chi connectivity index (χ0n) is 37.8. The number of anilines is 2. The second-order valence-electron chi connectivity index (χ2n) is 18.9. The Labute approximate surface area is 390 Å². The van der Waals surface area contributed by atoms with Crippen molar-refractivity contribution < 1.29 is 20.1 Å². The van der Waals surface area contributed by atoms with Crippen molar-refractivity contribution in [3.05, 3.63) is 185 Å². The number of benzene rings is 6. The molecule has 1 aliphatic carbocycles. The van der Waals surface area contributed by atoms with Gasteiger partial charge in [-0.25, -0.2) is 0 Å². The van der Waals surface area contributed by atoms with Crippen molar-refractivity contribution in [2.75, 3.05) is 4.90 Å². The van der Waals surface area contributed by atoms with Crippen LogP contribution < -0.4 is 10.1 Å². The van der Waals surface area contributed by atoms with Crippen LogP contribution in [0.5, 0.6) is 0 Å². The second kappa shape index (κ2) is 18.8. The second-order valence-corrected chi connectivity index (χ2v) is 24.0. The molecule has 0 spiro atoms. The summed E-state index contributed by atoms with van der Waals surface area (Å²) in [7, 11) is -1.35. The van der Waals surface area contributed by atoms with Gasteiger partial charge in [-0.15, -0.1) is 47.0 Å². The third kappa shape index (κ3) is 8.96. The SMILES string of the molecule is CC(C)c1cccc(C(C)C)c1N1c2ccccc2[N-]C1c1[c-]cc2c(c1)c1ccccc1n2-c1ccccc1.C[Si](C)(C)c1cnc(-c2[c-]cccc2)cc1CC1CCCC1.[Ir+3]. The van der Waals surface area contributed by atoms with Gasteiger partial charge in [-0.3, -0.25) is 0 Å². The molecule has 0 bridgehead atoms. The molecule has 0 N–H and O–H groups in total. The molecule has 4 nitrogen and oxygen atoms in total. The largest absolute Gasteiger partial charge is 3.00 e. The zero-order chi connectivity index (χ0) is 43.0. The Kier molecular flexibility index (Phi) is 13.3. The van der Waals surface area contributed by atoms with Crippen LogP contribution in [0.2, 0.25) is 19.6 Å². The van der Waals surface area contributed by atoms with Crippen molar-refractivity contribution in [1.82, 2.24) is 9.55 Å². The molecule has 3 heterocycles. The maximum atomic E-state index is 5.32. The van der Waals surface area contributed by atoms with E-state index in [0.717, 1.165) is 45.3 Å². The molecule has 320 valence electrons. The summed E-state index contributed by atoms with van der Waals surface area (Å²) in [6, 6.07) is 56.6. The zero-order valence-corrected chi connectivity index (χ0v) is 41.2. The molecule has 2 aliphatic rings. The van der Waals surface area contributed by atoms with Crippen LogP contribution in [0, 0.1) is 18.1 Å². The van der Waals surface area contributed by atoms with Gasteiger partial charge in [-0.05, 0) is 82.0 Å². The van der Waals surface area contributed by atoms with Crippen LogP contribution in [-0.2, 0) is 26.5 Å². The maximum Gasteiger partial charge on any atom is 3.00 e. The van der Waals surface area contributed by atoms with Crippen LogP contribution >= 0.6 is 0 Å². The average Bonchev–Trinajstić information content (AvgIpc) is 4.03. The number of nitrogens with zero attached hydrogens (tertiary/aromatic N) is 4. The summed E-state index contributed by atoms with van der Waals surface area (Å²) in [6.45, 7) is 16.4. The van der Waals surface area contributed by atoms with E-state index >= 15 is 0 Å². The minimum absolute atomic E-state index is 0. The van der Waals surface area contributed by atoms with Gasteiger partial charge < -0.3 is 19.8 Å². The van der Waals surface area contributed by atoms with Crippen molar-refractivity contribution in [3.8, 4) is 16.9 Å². The van der Waals surface area contributed by atoms with Crippen LogP contribution in [0.4, 0.5) is 17.1 Å². The van der Waals surface area contributed by atoms with Crippen molar-refractivity contribution in [3.63, 3.8) is 0 Å². The molecule has 63 heavy (non-hydrogen) atoms. The Balaban J connectivity index is 0.000000201. The summed E-state index contributed by atoms with van der Waals surface area (Å²) in [6.07, 6.45) is 8.84. The maximum absolute atomic E-state index is 5.32. The van der Waals surface area contributed by atoms with E-state index < -0.39 is 8.07 Å². The molecule has 1 saturated carbocycles. The van der Waals surface area contributed by atoms with Crippen LogP contribution in [-0.4, -0.2) is 17.6 Å². The van der Waals surface area contributed by atoms with Crippen molar-refractivity contribution in [2.45, 2.75) is 97.4 Å². The van der Waals surface area contributed by atoms with Gasteiger partial charge in [0.2, 0.25) is 0 Å². The number of hydrogen-bond acceptors (Lipinski definition) is 2. The minimum atomic E-state index is -1.35. The number of pyridine rings is 1. The molecule has 1 aliphatic heterocycles. The van der Waals surface area contributed by atoms with Crippen molar-refractivity contribution in [1.29, 1.82) is 0 Å². The fraction of sp³-hybridized carbons (Fsp3) is 0.281. The van der Waals surface area contributed by atoms with Gasteiger partial charge >= 0.3 is 20.1 Å². The van der Waals surface area contributed by atoms with Crippen LogP contribution in [0.1, 0.15) is 93.6 Å². The van der Waals surface area contributed by atoms with E-state index in [1.807, 2.05) is 12.1 Å². The van der Waals surface area contributed by atoms with Crippen LogP contribution in [0.3, 0.4) is 0 Å². The Morgan fingerprint density at radius 2 is 1.40 bits per heavy atom. The normalized spacial score (nSPS) is 15.1. The Morgan fingerprint density at radius 3 is 2.10 bits per heavy atom. The summed E-state index contributed by atoms with van der Waals surface area (Å²) < 4.78 is 2.34. The molecule has 8 aromatic rings. The molecule has 1 atom stereocenters. The van der Waals surface area contributed by atoms with E-state index in [2.05, 4.69) is 203 Å². The quantitative estimate of drug-likeness (QED) is 0.107. The van der Waals surface area contributed by atoms with Gasteiger partial charge in [-0.1, -0.05) is 163 Å². The molecule has 2 aromatic heterocycles. The Bertz CT molecular complexity index is 2790. The first kappa shape index (κ1) is 44.3. The van der Waals surface area contributed by atoms with Gasteiger partial charge in [0.15, 0.2) is 0 Å². The first-order valence-corrected chi connectivity index (χ1v) is 26.3. The van der Waals surface area contributed by atoms with Crippen molar-refractivity contribution >= 4 is 52.1 Å². The van der Waals surface area contributed by atoms with Crippen molar-refractivity contribution in [2.24, 2.45) is 5.92 Å². The predicted octanol–water partition coefficient (Wildman–Crippen LogP) is 15.5. The number of aromatic nitrogens is 2. The van der Waals surface area contributed by atoms with Gasteiger partial charge in [0.1, 0.15) is 0 Å². The monoisotopic (exact) mass is 1020 g/mol. The fourth-order valence-corrected chi connectivity index (χ4v) is 11.4. The smallest absolute Gasteiger partial charge is 0.661 e. The molecule has 1 fully saturated rings. The standard InChI is InChI=1S/C37H33N3.C20H26NSi.Ir/c1-24(2)28-16-12-17-29(25(3)4)36(28)40-35-20-11-9-18-32(35)38-37(40)26-21-22-34-31(23-26)30-15-8-10-19-33(30)39(34)27-13-6-5-7-14-27;1-22(2,3)20-15-21-19(17-11-5-4-6-12-17)14-18(20)13-16-9-7-8-10-16;/h5-20,22-25,37H,1-4H3;4-6,11,14-16H,7-10,13H2,1-3H3;/q-2;-1;+3. The van der Waals surface area contributed by atoms with E-state index in [0.29, 0.717) is 11.8 Å². The number of rotatable bonds is 9. The van der Waals surface area contributed by atoms with Crippen LogP contribution in [0.25, 0.3) is 44.1 Å². The topological polar surface area (TPSA) is 35.2 Å². The predicted molar refractivity (Wildman–Crippen MR) is 266 cm³/mol. The summed E-state index contributed by atoms with van der Waals surface area (Å²) in [4.78, 5) is 7.22. The third-order valence-electron chi connectivity index (χ3n) is 12.9. The molecule has 6 heteroatoms. The summed E-state index contributed by atoms with van der Waals surface area (Å²) in [5.74, 6) is 1.65. The average molecular weight is 1020 g/mol. The number of para-hydroxylation sites is 5. The summed E-state index contributed by atoms with van der Waals surface area (Å²) in [5.41, 5.74) is 14.5. The van der Waals surface area contributed by atoms with Crippen LogP contribution in [0.15, 0.2) is 146 Å². The fourth-order valence-electron chi connectivity index (χ4n) is 9.84. The molecule has 1 unspecified atom stereocenters. The molecular formula is C57H59IrN4Si. The van der Waals surface area contributed by atoms with E-state index in [-0.39, 0.29) is 26.3 Å².